The van der Waals surface area contributed by atoms with E-state index in [2.05, 4.69) is 39.9 Å². The molecule has 3 heterocycles. The smallest absolute Gasteiger partial charge is 0.205 e. The highest BCUT2D eigenvalue weighted by Crippen LogP contribution is 2.33. The zero-order chi connectivity index (χ0) is 13.4. The second-order valence-electron chi connectivity index (χ2n) is 6.01. The SMILES string of the molecule is CCc1nsc(N2CC[C@H]3CC[C@@H](C2)N3C(C)C)n1. The van der Waals surface area contributed by atoms with Crippen LogP contribution < -0.4 is 4.90 Å². The second-order valence-corrected chi connectivity index (χ2v) is 6.74. The highest BCUT2D eigenvalue weighted by atomic mass is 32.1. The molecule has 2 fully saturated rings. The van der Waals surface area contributed by atoms with Gasteiger partial charge in [0.15, 0.2) is 0 Å². The number of aryl methyl sites for hydroxylation is 1. The van der Waals surface area contributed by atoms with Crippen molar-refractivity contribution in [2.75, 3.05) is 18.0 Å². The van der Waals surface area contributed by atoms with Crippen LogP contribution in [0.15, 0.2) is 0 Å². The monoisotopic (exact) mass is 280 g/mol. The molecule has 1 aromatic heterocycles. The van der Waals surface area contributed by atoms with Gasteiger partial charge in [-0.05, 0) is 33.1 Å². The lowest BCUT2D eigenvalue weighted by Gasteiger charge is -2.32. The fraction of sp³-hybridized carbons (Fsp3) is 0.857. The van der Waals surface area contributed by atoms with Gasteiger partial charge in [0.25, 0.3) is 0 Å². The molecule has 2 bridgehead atoms. The molecule has 0 amide bonds. The molecule has 19 heavy (non-hydrogen) atoms. The van der Waals surface area contributed by atoms with Gasteiger partial charge in [-0.15, -0.1) is 0 Å². The Morgan fingerprint density at radius 1 is 1.26 bits per heavy atom. The van der Waals surface area contributed by atoms with Gasteiger partial charge >= 0.3 is 0 Å². The summed E-state index contributed by atoms with van der Waals surface area (Å²) in [5.74, 6) is 0.995. The number of hydrogen-bond donors (Lipinski definition) is 0. The predicted molar refractivity (Wildman–Crippen MR) is 79.9 cm³/mol. The lowest BCUT2D eigenvalue weighted by Crippen LogP contribution is -2.43. The molecule has 2 saturated heterocycles. The van der Waals surface area contributed by atoms with Crippen molar-refractivity contribution in [2.24, 2.45) is 0 Å². The first kappa shape index (κ1) is 13.3. The number of nitrogens with zero attached hydrogens (tertiary/aromatic N) is 4. The van der Waals surface area contributed by atoms with Gasteiger partial charge in [0.2, 0.25) is 5.13 Å². The van der Waals surface area contributed by atoms with Crippen molar-refractivity contribution in [1.82, 2.24) is 14.3 Å². The van der Waals surface area contributed by atoms with E-state index in [1.165, 1.54) is 19.3 Å². The summed E-state index contributed by atoms with van der Waals surface area (Å²) in [7, 11) is 0. The average Bonchev–Trinajstić information content (AvgIpc) is 2.93. The van der Waals surface area contributed by atoms with Crippen LogP contribution in [0.5, 0.6) is 0 Å². The molecule has 0 radical (unpaired) electrons. The normalized spacial score (nSPS) is 28.1. The molecule has 0 N–H and O–H groups in total. The van der Waals surface area contributed by atoms with Gasteiger partial charge in [-0.25, -0.2) is 4.98 Å². The molecule has 0 saturated carbocycles. The van der Waals surface area contributed by atoms with Crippen molar-refractivity contribution in [2.45, 2.75) is 64.6 Å². The second kappa shape index (κ2) is 5.37. The Morgan fingerprint density at radius 3 is 2.74 bits per heavy atom. The summed E-state index contributed by atoms with van der Waals surface area (Å²) < 4.78 is 4.43. The van der Waals surface area contributed by atoms with Gasteiger partial charge < -0.3 is 4.90 Å². The van der Waals surface area contributed by atoms with Crippen molar-refractivity contribution in [3.05, 3.63) is 5.82 Å². The molecule has 3 rings (SSSR count). The Labute approximate surface area is 120 Å². The van der Waals surface area contributed by atoms with Crippen LogP contribution in [0.3, 0.4) is 0 Å². The van der Waals surface area contributed by atoms with Gasteiger partial charge in [-0.2, -0.15) is 4.37 Å². The van der Waals surface area contributed by atoms with E-state index in [4.69, 9.17) is 0 Å². The van der Waals surface area contributed by atoms with E-state index in [1.54, 1.807) is 11.5 Å². The maximum Gasteiger partial charge on any atom is 0.205 e. The lowest BCUT2D eigenvalue weighted by atomic mass is 10.1. The molecule has 2 aliphatic rings. The highest BCUT2D eigenvalue weighted by Gasteiger charge is 2.38. The van der Waals surface area contributed by atoms with Gasteiger partial charge in [0.05, 0.1) is 0 Å². The molecule has 0 unspecified atom stereocenters. The first-order chi connectivity index (χ1) is 9.19. The van der Waals surface area contributed by atoms with Gasteiger partial charge in [-0.3, -0.25) is 4.90 Å². The minimum Gasteiger partial charge on any atom is -0.345 e. The summed E-state index contributed by atoms with van der Waals surface area (Å²) in [6, 6.07) is 2.16. The van der Waals surface area contributed by atoms with Crippen molar-refractivity contribution in [1.29, 1.82) is 0 Å². The zero-order valence-corrected chi connectivity index (χ0v) is 13.0. The van der Waals surface area contributed by atoms with E-state index >= 15 is 0 Å². The van der Waals surface area contributed by atoms with Crippen molar-refractivity contribution in [3.8, 4) is 0 Å². The van der Waals surface area contributed by atoms with E-state index in [0.29, 0.717) is 12.1 Å². The van der Waals surface area contributed by atoms with Crippen LogP contribution in [0.2, 0.25) is 0 Å². The van der Waals surface area contributed by atoms with E-state index in [1.807, 2.05) is 0 Å². The third-order valence-electron chi connectivity index (χ3n) is 4.48. The van der Waals surface area contributed by atoms with Gasteiger partial charge in [-0.1, -0.05) is 6.92 Å². The maximum atomic E-state index is 4.66. The number of fused-ring (bicyclic) bond motifs is 2. The van der Waals surface area contributed by atoms with Crippen molar-refractivity contribution < 1.29 is 0 Å². The summed E-state index contributed by atoms with van der Waals surface area (Å²) in [6.07, 6.45) is 4.94. The molecule has 5 heteroatoms. The molecule has 2 aliphatic heterocycles. The summed E-state index contributed by atoms with van der Waals surface area (Å²) in [5, 5.41) is 1.13. The minimum absolute atomic E-state index is 0.665. The number of anilines is 1. The first-order valence-corrected chi connectivity index (χ1v) is 8.31. The summed E-state index contributed by atoms with van der Waals surface area (Å²) in [4.78, 5) is 9.87. The minimum atomic E-state index is 0.665. The molecule has 0 spiro atoms. The highest BCUT2D eigenvalue weighted by molar-refractivity contribution is 7.09. The Balaban J connectivity index is 1.76. The molecule has 0 aliphatic carbocycles. The number of rotatable bonds is 3. The molecular weight excluding hydrogens is 256 g/mol. The largest absolute Gasteiger partial charge is 0.345 e. The maximum absolute atomic E-state index is 4.66. The van der Waals surface area contributed by atoms with Crippen LogP contribution in [-0.4, -0.2) is 45.5 Å². The zero-order valence-electron chi connectivity index (χ0n) is 12.2. The molecular formula is C14H24N4S. The van der Waals surface area contributed by atoms with Crippen LogP contribution in [0.4, 0.5) is 5.13 Å². The summed E-state index contributed by atoms with van der Waals surface area (Å²) in [6.45, 7) is 9.06. The van der Waals surface area contributed by atoms with Crippen LogP contribution in [-0.2, 0) is 6.42 Å². The Bertz CT molecular complexity index is 431. The lowest BCUT2D eigenvalue weighted by molar-refractivity contribution is 0.158. The molecule has 106 valence electrons. The topological polar surface area (TPSA) is 32.3 Å². The number of hydrogen-bond acceptors (Lipinski definition) is 5. The quantitative estimate of drug-likeness (QED) is 0.852. The van der Waals surface area contributed by atoms with E-state index < -0.39 is 0 Å². The van der Waals surface area contributed by atoms with E-state index in [9.17, 15) is 0 Å². The van der Waals surface area contributed by atoms with Crippen LogP contribution in [0.25, 0.3) is 0 Å². The van der Waals surface area contributed by atoms with Crippen LogP contribution in [0.1, 0.15) is 45.9 Å². The summed E-state index contributed by atoms with van der Waals surface area (Å²) >= 11 is 1.57. The Morgan fingerprint density at radius 2 is 2.05 bits per heavy atom. The van der Waals surface area contributed by atoms with E-state index in [-0.39, 0.29) is 0 Å². The summed E-state index contributed by atoms with van der Waals surface area (Å²) in [5.41, 5.74) is 0. The molecule has 0 aromatic carbocycles. The molecule has 1 aromatic rings. The number of aromatic nitrogens is 2. The van der Waals surface area contributed by atoms with Gasteiger partial charge in [0, 0.05) is 49.2 Å². The third kappa shape index (κ3) is 2.50. The fourth-order valence-electron chi connectivity index (χ4n) is 3.64. The van der Waals surface area contributed by atoms with Crippen molar-refractivity contribution in [3.63, 3.8) is 0 Å². The van der Waals surface area contributed by atoms with Crippen molar-refractivity contribution >= 4 is 16.7 Å². The Kier molecular flexibility index (Phi) is 3.76. The predicted octanol–water partition coefficient (Wildman–Crippen LogP) is 2.55. The third-order valence-corrected chi connectivity index (χ3v) is 5.29. The molecule has 2 atom stereocenters. The van der Waals surface area contributed by atoms with Crippen LogP contribution in [0, 0.1) is 0 Å². The average molecular weight is 280 g/mol. The van der Waals surface area contributed by atoms with Gasteiger partial charge in [0.1, 0.15) is 5.82 Å². The standard InChI is InChI=1S/C14H24N4S/c1-4-13-15-14(19-16-13)17-8-7-11-5-6-12(9-17)18(11)10(2)3/h10-12H,4-9H2,1-3H3/t11-,12+/m1/s1. The fourth-order valence-corrected chi connectivity index (χ4v) is 4.43. The molecule has 4 nitrogen and oxygen atoms in total. The van der Waals surface area contributed by atoms with E-state index in [0.717, 1.165) is 36.5 Å². The Hall–Kier alpha value is -0.680. The first-order valence-electron chi connectivity index (χ1n) is 7.54. The van der Waals surface area contributed by atoms with Crippen LogP contribution >= 0.6 is 11.5 Å².